The normalized spacial score (nSPS) is 11.7. The first-order valence-corrected chi connectivity index (χ1v) is 8.12. The molecule has 26 heavy (non-hydrogen) atoms. The minimum atomic E-state index is -1.30. The quantitative estimate of drug-likeness (QED) is 0.771. The molecule has 0 aliphatic heterocycles. The molecule has 1 amide bonds. The lowest BCUT2D eigenvalue weighted by molar-refractivity contribution is -0.157. The number of halogens is 2. The van der Waals surface area contributed by atoms with Gasteiger partial charge in [0.15, 0.2) is 0 Å². The van der Waals surface area contributed by atoms with Gasteiger partial charge >= 0.3 is 12.1 Å². The lowest BCUT2D eigenvalue weighted by Gasteiger charge is -2.18. The monoisotopic (exact) mass is 381 g/mol. The molecular formula is C17H17ClFN3O4. The number of nitrogens with one attached hydrogen (secondary N) is 1. The number of rotatable bonds is 6. The highest BCUT2D eigenvalue weighted by atomic mass is 35.5. The van der Waals surface area contributed by atoms with E-state index < -0.39 is 30.1 Å². The van der Waals surface area contributed by atoms with E-state index in [0.29, 0.717) is 0 Å². The summed E-state index contributed by atoms with van der Waals surface area (Å²) in [6, 6.07) is 5.54. The van der Waals surface area contributed by atoms with Gasteiger partial charge in [-0.05, 0) is 32.0 Å². The first-order valence-electron chi connectivity index (χ1n) is 7.75. The maximum atomic E-state index is 13.8. The lowest BCUT2D eigenvalue weighted by Crippen LogP contribution is -2.35. The van der Waals surface area contributed by atoms with Crippen molar-refractivity contribution in [2.24, 2.45) is 0 Å². The Morgan fingerprint density at radius 3 is 2.50 bits per heavy atom. The van der Waals surface area contributed by atoms with Crippen LogP contribution in [0.15, 0.2) is 36.7 Å². The molecule has 0 aliphatic rings. The van der Waals surface area contributed by atoms with Gasteiger partial charge in [0.25, 0.3) is 0 Å². The van der Waals surface area contributed by atoms with Gasteiger partial charge in [-0.2, -0.15) is 0 Å². The molecule has 1 heterocycles. The predicted octanol–water partition coefficient (Wildman–Crippen LogP) is 3.38. The minimum Gasteiger partial charge on any atom is -0.460 e. The summed E-state index contributed by atoms with van der Waals surface area (Å²) in [6.07, 6.45) is 0.127. The number of ether oxygens (including phenoxy) is 2. The molecule has 0 radical (unpaired) electrons. The molecule has 2 aromatic rings. The summed E-state index contributed by atoms with van der Waals surface area (Å²) in [5, 5.41) is 2.18. The zero-order valence-corrected chi connectivity index (χ0v) is 14.9. The van der Waals surface area contributed by atoms with Crippen LogP contribution in [-0.4, -0.2) is 34.2 Å². The summed E-state index contributed by atoms with van der Waals surface area (Å²) in [5.74, 6) is -1.21. The molecule has 1 N–H and O–H groups in total. The van der Waals surface area contributed by atoms with E-state index in [0.717, 1.165) is 6.07 Å². The molecule has 1 aromatic heterocycles. The van der Waals surface area contributed by atoms with Crippen molar-refractivity contribution in [2.45, 2.75) is 32.5 Å². The largest absolute Gasteiger partial charge is 0.460 e. The number of hydrogen-bond donors (Lipinski definition) is 1. The van der Waals surface area contributed by atoms with E-state index in [4.69, 9.17) is 21.1 Å². The number of nitrogens with zero attached hydrogens (tertiary/aromatic N) is 2. The molecule has 1 aromatic carbocycles. The molecule has 7 nitrogen and oxygen atoms in total. The summed E-state index contributed by atoms with van der Waals surface area (Å²) in [5.41, 5.74) is -0.244. The summed E-state index contributed by atoms with van der Waals surface area (Å²) in [6.45, 7) is 3.32. The number of esters is 1. The van der Waals surface area contributed by atoms with Crippen molar-refractivity contribution >= 4 is 29.4 Å². The summed E-state index contributed by atoms with van der Waals surface area (Å²) >= 11 is 5.85. The Bertz CT molecular complexity index is 754. The van der Waals surface area contributed by atoms with Gasteiger partial charge in [-0.25, -0.2) is 23.9 Å². The van der Waals surface area contributed by atoms with Crippen LogP contribution in [0.5, 0.6) is 0 Å². The number of aromatic nitrogens is 2. The van der Waals surface area contributed by atoms with Gasteiger partial charge in [-0.1, -0.05) is 17.7 Å². The molecule has 0 saturated heterocycles. The second-order valence-electron chi connectivity index (χ2n) is 5.47. The van der Waals surface area contributed by atoms with E-state index in [-0.39, 0.29) is 23.0 Å². The van der Waals surface area contributed by atoms with Gasteiger partial charge in [0, 0.05) is 12.4 Å². The van der Waals surface area contributed by atoms with Crippen molar-refractivity contribution in [1.29, 1.82) is 0 Å². The third-order valence-electron chi connectivity index (χ3n) is 3.04. The van der Waals surface area contributed by atoms with Gasteiger partial charge in [-0.3, -0.25) is 5.32 Å². The number of hydrogen-bond acceptors (Lipinski definition) is 6. The highest BCUT2D eigenvalue weighted by Crippen LogP contribution is 2.24. The number of carbonyl (C=O) groups excluding carboxylic acids is 2. The highest BCUT2D eigenvalue weighted by molar-refractivity contribution is 6.33. The van der Waals surface area contributed by atoms with Crippen LogP contribution >= 0.6 is 11.6 Å². The molecule has 138 valence electrons. The minimum absolute atomic E-state index is 0.00495. The van der Waals surface area contributed by atoms with Crippen LogP contribution in [0.4, 0.5) is 14.9 Å². The summed E-state index contributed by atoms with van der Waals surface area (Å²) in [4.78, 5) is 32.3. The maximum absolute atomic E-state index is 13.8. The standard InChI is InChI=1S/C17H17ClFN3O4/c1-10(2)25-16(23)13(9-14-20-7-4-8-21-14)26-17(24)22-15-11(18)5-3-6-12(15)19/h3-8,10,13H,9H2,1-2H3,(H,22,24). The summed E-state index contributed by atoms with van der Waals surface area (Å²) < 4.78 is 23.9. The van der Waals surface area contributed by atoms with Crippen LogP contribution in [0, 0.1) is 5.82 Å². The number of para-hydroxylation sites is 1. The Morgan fingerprint density at radius 1 is 1.19 bits per heavy atom. The molecular weight excluding hydrogens is 365 g/mol. The van der Waals surface area contributed by atoms with Crippen LogP contribution in [0.1, 0.15) is 19.7 Å². The van der Waals surface area contributed by atoms with Gasteiger partial charge in [-0.15, -0.1) is 0 Å². The van der Waals surface area contributed by atoms with Crippen LogP contribution in [0.25, 0.3) is 0 Å². The molecule has 0 saturated carbocycles. The van der Waals surface area contributed by atoms with Crippen LogP contribution in [0.2, 0.25) is 5.02 Å². The Kier molecular flexibility index (Phi) is 6.85. The van der Waals surface area contributed by atoms with Crippen LogP contribution < -0.4 is 5.32 Å². The Hall–Kier alpha value is -2.74. The van der Waals surface area contributed by atoms with E-state index in [1.807, 2.05) is 0 Å². The average molecular weight is 382 g/mol. The highest BCUT2D eigenvalue weighted by Gasteiger charge is 2.27. The first-order chi connectivity index (χ1) is 12.4. The molecule has 2 rings (SSSR count). The Balaban J connectivity index is 2.12. The molecule has 9 heteroatoms. The molecule has 0 spiro atoms. The molecule has 0 aliphatic carbocycles. The van der Waals surface area contributed by atoms with Gasteiger partial charge in [0.2, 0.25) is 6.10 Å². The number of benzene rings is 1. The Morgan fingerprint density at radius 2 is 1.88 bits per heavy atom. The maximum Gasteiger partial charge on any atom is 0.412 e. The predicted molar refractivity (Wildman–Crippen MR) is 92.3 cm³/mol. The average Bonchev–Trinajstić information content (AvgIpc) is 2.58. The number of carbonyl (C=O) groups is 2. The fourth-order valence-corrected chi connectivity index (χ4v) is 2.17. The summed E-state index contributed by atoms with van der Waals surface area (Å²) in [7, 11) is 0. The van der Waals surface area contributed by atoms with Gasteiger partial charge < -0.3 is 9.47 Å². The lowest BCUT2D eigenvalue weighted by atomic mass is 10.2. The zero-order valence-electron chi connectivity index (χ0n) is 14.1. The molecule has 0 fully saturated rings. The third-order valence-corrected chi connectivity index (χ3v) is 3.36. The van der Waals surface area contributed by atoms with E-state index >= 15 is 0 Å². The SMILES string of the molecule is CC(C)OC(=O)C(Cc1ncccn1)OC(=O)Nc1c(F)cccc1Cl. The fraction of sp³-hybridized carbons (Fsp3) is 0.294. The third kappa shape index (κ3) is 5.66. The smallest absolute Gasteiger partial charge is 0.412 e. The van der Waals surface area contributed by atoms with Crippen molar-refractivity contribution in [1.82, 2.24) is 9.97 Å². The first kappa shape index (κ1) is 19.6. The van der Waals surface area contributed by atoms with Crippen molar-refractivity contribution in [2.75, 3.05) is 5.32 Å². The van der Waals surface area contributed by atoms with Crippen molar-refractivity contribution in [3.05, 3.63) is 53.3 Å². The molecule has 0 bridgehead atoms. The zero-order chi connectivity index (χ0) is 19.1. The second kappa shape index (κ2) is 9.10. The van der Waals surface area contributed by atoms with E-state index in [1.165, 1.54) is 24.5 Å². The fourth-order valence-electron chi connectivity index (χ4n) is 1.96. The molecule has 1 atom stereocenters. The van der Waals surface area contributed by atoms with Crippen molar-refractivity contribution < 1.29 is 23.5 Å². The van der Waals surface area contributed by atoms with E-state index in [2.05, 4.69) is 15.3 Å². The topological polar surface area (TPSA) is 90.4 Å². The van der Waals surface area contributed by atoms with Crippen LogP contribution in [-0.2, 0) is 20.7 Å². The number of amides is 1. The number of anilines is 1. The second-order valence-corrected chi connectivity index (χ2v) is 5.88. The van der Waals surface area contributed by atoms with E-state index in [1.54, 1.807) is 19.9 Å². The van der Waals surface area contributed by atoms with Crippen LogP contribution in [0.3, 0.4) is 0 Å². The van der Waals surface area contributed by atoms with E-state index in [9.17, 15) is 14.0 Å². The van der Waals surface area contributed by atoms with Gasteiger partial charge in [0.1, 0.15) is 11.6 Å². The molecule has 1 unspecified atom stereocenters. The van der Waals surface area contributed by atoms with Crippen molar-refractivity contribution in [3.8, 4) is 0 Å². The van der Waals surface area contributed by atoms with Gasteiger partial charge in [0.05, 0.1) is 23.2 Å². The Labute approximate surface area is 154 Å². The van der Waals surface area contributed by atoms with Crippen molar-refractivity contribution in [3.63, 3.8) is 0 Å².